The van der Waals surface area contributed by atoms with E-state index in [9.17, 15) is 4.79 Å². The van der Waals surface area contributed by atoms with E-state index < -0.39 is 5.97 Å². The summed E-state index contributed by atoms with van der Waals surface area (Å²) in [6, 6.07) is 0. The van der Waals surface area contributed by atoms with Crippen molar-refractivity contribution in [2.24, 2.45) is 5.16 Å². The van der Waals surface area contributed by atoms with E-state index >= 15 is 0 Å². The molecule has 0 bridgehead atoms. The molecule has 0 aromatic rings. The number of halogens is 1. The van der Waals surface area contributed by atoms with Crippen LogP contribution in [0.4, 0.5) is 0 Å². The molecule has 0 aromatic heterocycles. The average molecular weight is 222 g/mol. The number of oxime groups is 1. The molecular formula is C6H8BrNO3. The zero-order valence-corrected chi connectivity index (χ0v) is 7.54. The van der Waals surface area contributed by atoms with Crippen molar-refractivity contribution in [3.05, 3.63) is 12.2 Å². The molecule has 0 amide bonds. The summed E-state index contributed by atoms with van der Waals surface area (Å²) < 4.78 is 4.31. The molecule has 5 heteroatoms. The Bertz CT molecular complexity index is 188. The van der Waals surface area contributed by atoms with Crippen molar-refractivity contribution in [1.29, 1.82) is 0 Å². The van der Waals surface area contributed by atoms with Crippen LogP contribution in [-0.4, -0.2) is 29.3 Å². The SMILES string of the molecule is COC(=O)/C=C/C(CBr)=NO. The lowest BCUT2D eigenvalue weighted by Crippen LogP contribution is -1.99. The van der Waals surface area contributed by atoms with Crippen LogP contribution in [0, 0.1) is 0 Å². The van der Waals surface area contributed by atoms with E-state index in [0.717, 1.165) is 0 Å². The van der Waals surface area contributed by atoms with E-state index in [1.807, 2.05) is 0 Å². The molecule has 0 aliphatic carbocycles. The van der Waals surface area contributed by atoms with Gasteiger partial charge < -0.3 is 9.94 Å². The van der Waals surface area contributed by atoms with Gasteiger partial charge in [-0.25, -0.2) is 4.79 Å². The third kappa shape index (κ3) is 4.55. The minimum absolute atomic E-state index is 0.357. The maximum Gasteiger partial charge on any atom is 0.330 e. The van der Waals surface area contributed by atoms with E-state index in [0.29, 0.717) is 11.0 Å². The molecule has 11 heavy (non-hydrogen) atoms. The molecule has 0 fully saturated rings. The fourth-order valence-corrected chi connectivity index (χ4v) is 0.636. The van der Waals surface area contributed by atoms with Gasteiger partial charge in [0.15, 0.2) is 0 Å². The van der Waals surface area contributed by atoms with Crippen LogP contribution in [0.3, 0.4) is 0 Å². The summed E-state index contributed by atoms with van der Waals surface area (Å²) in [4.78, 5) is 10.5. The van der Waals surface area contributed by atoms with Gasteiger partial charge in [-0.15, -0.1) is 0 Å². The zero-order valence-electron chi connectivity index (χ0n) is 5.95. The summed E-state index contributed by atoms with van der Waals surface area (Å²) in [7, 11) is 1.27. The summed E-state index contributed by atoms with van der Waals surface area (Å²) in [5.74, 6) is -0.480. The van der Waals surface area contributed by atoms with Crippen LogP contribution < -0.4 is 0 Å². The molecule has 1 N–H and O–H groups in total. The Morgan fingerprint density at radius 3 is 2.73 bits per heavy atom. The second-order valence-electron chi connectivity index (χ2n) is 1.58. The van der Waals surface area contributed by atoms with Crippen LogP contribution in [0.25, 0.3) is 0 Å². The predicted molar refractivity (Wildman–Crippen MR) is 44.2 cm³/mol. The van der Waals surface area contributed by atoms with Gasteiger partial charge in [0.1, 0.15) is 0 Å². The Kier molecular flexibility index (Phi) is 5.46. The normalized spacial score (nSPS) is 12.0. The molecule has 0 heterocycles. The van der Waals surface area contributed by atoms with E-state index in [1.165, 1.54) is 19.3 Å². The number of hydrogen-bond donors (Lipinski definition) is 1. The molecule has 0 saturated heterocycles. The molecule has 0 radical (unpaired) electrons. The Balaban J connectivity index is 4.00. The van der Waals surface area contributed by atoms with Crippen LogP contribution in [0.15, 0.2) is 17.3 Å². The third-order valence-electron chi connectivity index (χ3n) is 0.878. The van der Waals surface area contributed by atoms with Gasteiger partial charge >= 0.3 is 5.97 Å². The monoisotopic (exact) mass is 221 g/mol. The quantitative estimate of drug-likeness (QED) is 0.193. The minimum Gasteiger partial charge on any atom is -0.466 e. The zero-order chi connectivity index (χ0) is 8.69. The summed E-state index contributed by atoms with van der Waals surface area (Å²) in [5, 5.41) is 11.5. The standard InChI is InChI=1S/C6H8BrNO3/c1-11-6(9)3-2-5(4-7)8-10/h2-3,10H,4H2,1H3/b3-2+,8-5?. The van der Waals surface area contributed by atoms with Crippen LogP contribution >= 0.6 is 15.9 Å². The van der Waals surface area contributed by atoms with Crippen molar-refractivity contribution < 1.29 is 14.7 Å². The first-order valence-electron chi connectivity index (χ1n) is 2.77. The van der Waals surface area contributed by atoms with Gasteiger partial charge in [-0.2, -0.15) is 0 Å². The molecule has 0 rings (SSSR count). The van der Waals surface area contributed by atoms with Gasteiger partial charge in [-0.1, -0.05) is 21.1 Å². The summed E-state index contributed by atoms with van der Waals surface area (Å²) >= 11 is 3.05. The number of esters is 1. The topological polar surface area (TPSA) is 58.9 Å². The maximum atomic E-state index is 10.5. The van der Waals surface area contributed by atoms with Crippen molar-refractivity contribution in [2.45, 2.75) is 0 Å². The molecule has 0 aromatic carbocycles. The van der Waals surface area contributed by atoms with Crippen molar-refractivity contribution in [2.75, 3.05) is 12.4 Å². The number of alkyl halides is 1. The number of methoxy groups -OCH3 is 1. The smallest absolute Gasteiger partial charge is 0.330 e. The highest BCUT2D eigenvalue weighted by Crippen LogP contribution is 1.88. The van der Waals surface area contributed by atoms with Gasteiger partial charge in [0.25, 0.3) is 0 Å². The summed E-state index contributed by atoms with van der Waals surface area (Å²) in [5.41, 5.74) is 0.357. The second-order valence-corrected chi connectivity index (χ2v) is 2.14. The predicted octanol–water partition coefficient (Wildman–Crippen LogP) is 0.941. The number of rotatable bonds is 3. The number of nitrogens with zero attached hydrogens (tertiary/aromatic N) is 1. The number of allylic oxidation sites excluding steroid dienone is 1. The Hall–Kier alpha value is -0.840. The molecule has 62 valence electrons. The molecule has 0 aliphatic rings. The molecule has 0 spiro atoms. The summed E-state index contributed by atoms with van der Waals surface area (Å²) in [6.45, 7) is 0. The van der Waals surface area contributed by atoms with Gasteiger partial charge in [0.2, 0.25) is 0 Å². The Morgan fingerprint density at radius 2 is 2.36 bits per heavy atom. The second kappa shape index (κ2) is 5.91. The van der Waals surface area contributed by atoms with E-state index in [2.05, 4.69) is 25.8 Å². The summed E-state index contributed by atoms with van der Waals surface area (Å²) in [6.07, 6.45) is 2.54. The lowest BCUT2D eigenvalue weighted by molar-refractivity contribution is -0.134. The van der Waals surface area contributed by atoms with Crippen molar-refractivity contribution in [1.82, 2.24) is 0 Å². The lowest BCUT2D eigenvalue weighted by atomic mass is 10.4. The number of carbonyl (C=O) groups excluding carboxylic acids is 1. The molecule has 4 nitrogen and oxygen atoms in total. The highest BCUT2D eigenvalue weighted by atomic mass is 79.9. The maximum absolute atomic E-state index is 10.5. The first-order valence-corrected chi connectivity index (χ1v) is 3.89. The van der Waals surface area contributed by atoms with Crippen LogP contribution in [0.2, 0.25) is 0 Å². The first kappa shape index (κ1) is 10.2. The van der Waals surface area contributed by atoms with E-state index in [4.69, 9.17) is 5.21 Å². The van der Waals surface area contributed by atoms with Crippen molar-refractivity contribution in [3.63, 3.8) is 0 Å². The van der Waals surface area contributed by atoms with E-state index in [-0.39, 0.29) is 0 Å². The van der Waals surface area contributed by atoms with E-state index in [1.54, 1.807) is 0 Å². The molecular weight excluding hydrogens is 214 g/mol. The fraction of sp³-hybridized carbons (Fsp3) is 0.333. The van der Waals surface area contributed by atoms with Crippen LogP contribution in [-0.2, 0) is 9.53 Å². The highest BCUT2D eigenvalue weighted by Gasteiger charge is 1.94. The van der Waals surface area contributed by atoms with Crippen LogP contribution in [0.1, 0.15) is 0 Å². The number of hydrogen-bond acceptors (Lipinski definition) is 4. The highest BCUT2D eigenvalue weighted by molar-refractivity contribution is 9.09. The number of carbonyl (C=O) groups is 1. The Morgan fingerprint density at radius 1 is 1.73 bits per heavy atom. The molecule has 0 saturated carbocycles. The fourth-order valence-electron chi connectivity index (χ4n) is 0.337. The molecule has 0 unspecified atom stereocenters. The minimum atomic E-state index is -0.480. The van der Waals surface area contributed by atoms with Gasteiger partial charge in [0, 0.05) is 11.4 Å². The molecule has 0 atom stereocenters. The van der Waals surface area contributed by atoms with Gasteiger partial charge in [0.05, 0.1) is 12.8 Å². The van der Waals surface area contributed by atoms with Gasteiger partial charge in [-0.05, 0) is 6.08 Å². The van der Waals surface area contributed by atoms with Crippen molar-refractivity contribution >= 4 is 27.6 Å². The number of ether oxygens (including phenoxy) is 1. The first-order chi connectivity index (χ1) is 5.24. The Labute approximate surface area is 72.7 Å². The molecule has 0 aliphatic heterocycles. The van der Waals surface area contributed by atoms with Crippen molar-refractivity contribution in [3.8, 4) is 0 Å². The average Bonchev–Trinajstić information content (AvgIpc) is 2.06. The lowest BCUT2D eigenvalue weighted by Gasteiger charge is -1.90. The largest absolute Gasteiger partial charge is 0.466 e. The van der Waals surface area contributed by atoms with Gasteiger partial charge in [-0.3, -0.25) is 0 Å². The third-order valence-corrected chi connectivity index (χ3v) is 1.45. The van der Waals surface area contributed by atoms with Crippen LogP contribution in [0.5, 0.6) is 0 Å².